The summed E-state index contributed by atoms with van der Waals surface area (Å²) in [4.78, 5) is 6.73. The van der Waals surface area contributed by atoms with Crippen molar-refractivity contribution < 1.29 is 35.8 Å². The monoisotopic (exact) mass is 361 g/mol. The van der Waals surface area contributed by atoms with Gasteiger partial charge < -0.3 is 14.4 Å². The minimum atomic E-state index is -5.79. The van der Waals surface area contributed by atoms with Crippen molar-refractivity contribution in [3.63, 3.8) is 0 Å². The average Bonchev–Trinajstić information content (AvgIpc) is 2.44. The van der Waals surface area contributed by atoms with Crippen LogP contribution in [-0.2, 0) is 9.47 Å². The van der Waals surface area contributed by atoms with Crippen molar-refractivity contribution in [3.05, 3.63) is 0 Å². The number of ether oxygens (including phenoxy) is 2. The first-order chi connectivity index (χ1) is 11.0. The van der Waals surface area contributed by atoms with Crippen molar-refractivity contribution in [2.45, 2.75) is 57.2 Å². The molecule has 24 heavy (non-hydrogen) atoms. The SMILES string of the molecule is CC(C)OC1=NC(C(F)(F)F)(C(F)(F)F)N=C(N2CCCCC2)O1. The number of hydrogen-bond donors (Lipinski definition) is 0. The first kappa shape index (κ1) is 18.7. The summed E-state index contributed by atoms with van der Waals surface area (Å²) in [7, 11) is 0. The van der Waals surface area contributed by atoms with Crippen molar-refractivity contribution >= 4 is 12.1 Å². The van der Waals surface area contributed by atoms with Gasteiger partial charge in [0.15, 0.2) is 0 Å². The fourth-order valence-corrected chi connectivity index (χ4v) is 2.31. The highest BCUT2D eigenvalue weighted by Gasteiger charge is 2.74. The Morgan fingerprint density at radius 3 is 2.00 bits per heavy atom. The van der Waals surface area contributed by atoms with Gasteiger partial charge in [0, 0.05) is 13.1 Å². The van der Waals surface area contributed by atoms with Crippen LogP contribution in [-0.4, -0.2) is 54.2 Å². The van der Waals surface area contributed by atoms with E-state index in [0.717, 1.165) is 6.42 Å². The van der Waals surface area contributed by atoms with E-state index in [4.69, 9.17) is 9.47 Å². The normalized spacial score (nSPS) is 22.0. The largest absolute Gasteiger partial charge is 0.448 e. The lowest BCUT2D eigenvalue weighted by molar-refractivity contribution is -0.294. The summed E-state index contributed by atoms with van der Waals surface area (Å²) in [5.74, 6) is 0. The molecule has 2 aliphatic heterocycles. The van der Waals surface area contributed by atoms with Gasteiger partial charge in [-0.1, -0.05) is 0 Å². The summed E-state index contributed by atoms with van der Waals surface area (Å²) >= 11 is 0. The lowest BCUT2D eigenvalue weighted by Crippen LogP contribution is -2.58. The van der Waals surface area contributed by atoms with Gasteiger partial charge in [-0.05, 0) is 33.1 Å². The predicted octanol–water partition coefficient (Wildman–Crippen LogP) is 3.46. The first-order valence-corrected chi connectivity index (χ1v) is 7.39. The molecule has 2 rings (SSSR count). The van der Waals surface area contributed by atoms with E-state index in [1.165, 1.54) is 18.7 Å². The van der Waals surface area contributed by atoms with Gasteiger partial charge in [0.25, 0.3) is 6.02 Å². The lowest BCUT2D eigenvalue weighted by atomic mass is 10.1. The van der Waals surface area contributed by atoms with E-state index >= 15 is 0 Å². The Hall–Kier alpha value is -1.68. The standard InChI is InChI=1S/C13H17F6N3O2/c1-8(2)23-10-21-11(12(14,15)16,13(17,18)19)20-9(24-10)22-6-4-3-5-7-22/h8H,3-7H2,1-2H3. The second-order valence-corrected chi connectivity index (χ2v) is 5.76. The Bertz CT molecular complexity index is 507. The Kier molecular flexibility index (Phi) is 4.91. The van der Waals surface area contributed by atoms with Crippen molar-refractivity contribution in [2.24, 2.45) is 9.98 Å². The van der Waals surface area contributed by atoms with Crippen LogP contribution in [0.2, 0.25) is 0 Å². The first-order valence-electron chi connectivity index (χ1n) is 7.39. The highest BCUT2D eigenvalue weighted by Crippen LogP contribution is 2.48. The quantitative estimate of drug-likeness (QED) is 0.672. The molecule has 0 radical (unpaired) electrons. The summed E-state index contributed by atoms with van der Waals surface area (Å²) in [6, 6.07) is -0.769. The van der Waals surface area contributed by atoms with Gasteiger partial charge in [0.05, 0.1) is 6.10 Å². The van der Waals surface area contributed by atoms with E-state index in [1.54, 1.807) is 0 Å². The van der Waals surface area contributed by atoms with Crippen LogP contribution in [0.5, 0.6) is 0 Å². The van der Waals surface area contributed by atoms with E-state index in [-0.39, 0.29) is 13.1 Å². The zero-order chi connectivity index (χ0) is 18.2. The summed E-state index contributed by atoms with van der Waals surface area (Å²) in [5, 5.41) is 0. The number of amidine groups is 1. The number of likely N-dealkylation sites (tertiary alicyclic amines) is 1. The zero-order valence-corrected chi connectivity index (χ0v) is 13.0. The summed E-state index contributed by atoms with van der Waals surface area (Å²) in [6.45, 7) is 3.36. The Labute approximate surface area is 134 Å². The molecule has 2 aliphatic rings. The highest BCUT2D eigenvalue weighted by atomic mass is 19.4. The topological polar surface area (TPSA) is 46.4 Å². The molecule has 2 heterocycles. The zero-order valence-electron chi connectivity index (χ0n) is 13.0. The second kappa shape index (κ2) is 6.32. The molecule has 0 aromatic carbocycles. The molecule has 0 aliphatic carbocycles. The number of aliphatic imine (C=N–C) groups is 2. The van der Waals surface area contributed by atoms with Gasteiger partial charge in [-0.3, -0.25) is 0 Å². The number of rotatable bonds is 1. The Balaban J connectivity index is 2.51. The van der Waals surface area contributed by atoms with Crippen LogP contribution in [0.1, 0.15) is 33.1 Å². The Morgan fingerprint density at radius 1 is 1.00 bits per heavy atom. The molecule has 0 spiro atoms. The molecule has 0 atom stereocenters. The minimum absolute atomic E-state index is 0.250. The molecule has 0 aromatic rings. The van der Waals surface area contributed by atoms with Crippen LogP contribution in [0, 0.1) is 0 Å². The summed E-state index contributed by atoms with van der Waals surface area (Å²) in [5.41, 5.74) is -4.63. The van der Waals surface area contributed by atoms with Crippen LogP contribution in [0.15, 0.2) is 9.98 Å². The van der Waals surface area contributed by atoms with Crippen molar-refractivity contribution in [1.82, 2.24) is 4.90 Å². The van der Waals surface area contributed by atoms with E-state index in [0.29, 0.717) is 12.8 Å². The second-order valence-electron chi connectivity index (χ2n) is 5.76. The third-order valence-electron chi connectivity index (χ3n) is 3.44. The third-order valence-corrected chi connectivity index (χ3v) is 3.44. The molecule has 1 saturated heterocycles. The number of nitrogens with zero attached hydrogens (tertiary/aromatic N) is 3. The van der Waals surface area contributed by atoms with Crippen LogP contribution in [0.25, 0.3) is 0 Å². The maximum Gasteiger partial charge on any atom is 0.444 e. The van der Waals surface area contributed by atoms with Crippen molar-refractivity contribution in [2.75, 3.05) is 13.1 Å². The molecular formula is C13H17F6N3O2. The van der Waals surface area contributed by atoms with Crippen LogP contribution in [0.4, 0.5) is 26.3 Å². The molecule has 5 nitrogen and oxygen atoms in total. The molecule has 0 saturated carbocycles. The van der Waals surface area contributed by atoms with E-state index < -0.39 is 36.2 Å². The Morgan fingerprint density at radius 2 is 1.54 bits per heavy atom. The fraction of sp³-hybridized carbons (Fsp3) is 0.846. The molecule has 0 amide bonds. The van der Waals surface area contributed by atoms with E-state index in [2.05, 4.69) is 9.98 Å². The van der Waals surface area contributed by atoms with E-state index in [1.807, 2.05) is 0 Å². The maximum atomic E-state index is 13.3. The van der Waals surface area contributed by atoms with Crippen LogP contribution in [0.3, 0.4) is 0 Å². The molecule has 0 bridgehead atoms. The van der Waals surface area contributed by atoms with Crippen LogP contribution < -0.4 is 0 Å². The maximum absolute atomic E-state index is 13.3. The summed E-state index contributed by atoms with van der Waals surface area (Å²) in [6.07, 6.45) is -11.3. The highest BCUT2D eigenvalue weighted by molar-refractivity contribution is 5.89. The minimum Gasteiger partial charge on any atom is -0.448 e. The molecular weight excluding hydrogens is 344 g/mol. The van der Waals surface area contributed by atoms with Crippen LogP contribution >= 0.6 is 0 Å². The molecule has 0 N–H and O–H groups in total. The molecule has 1 fully saturated rings. The fourth-order valence-electron chi connectivity index (χ4n) is 2.31. The van der Waals surface area contributed by atoms with Gasteiger partial charge in [-0.2, -0.15) is 36.3 Å². The number of hydrogen-bond acceptors (Lipinski definition) is 5. The molecule has 11 heteroatoms. The molecule has 0 unspecified atom stereocenters. The molecule has 0 aromatic heterocycles. The number of alkyl halides is 6. The average molecular weight is 361 g/mol. The smallest absolute Gasteiger partial charge is 0.444 e. The third kappa shape index (κ3) is 3.54. The van der Waals surface area contributed by atoms with Gasteiger partial charge >= 0.3 is 24.1 Å². The predicted molar refractivity (Wildman–Crippen MR) is 72.4 cm³/mol. The van der Waals surface area contributed by atoms with Crippen molar-refractivity contribution in [3.8, 4) is 0 Å². The van der Waals surface area contributed by atoms with Gasteiger partial charge in [-0.25, -0.2) is 0 Å². The lowest BCUT2D eigenvalue weighted by Gasteiger charge is -2.37. The van der Waals surface area contributed by atoms with Gasteiger partial charge in [-0.15, -0.1) is 0 Å². The number of halogens is 6. The summed E-state index contributed by atoms with van der Waals surface area (Å²) < 4.78 is 89.5. The number of piperidine rings is 1. The van der Waals surface area contributed by atoms with Crippen molar-refractivity contribution in [1.29, 1.82) is 0 Å². The molecule has 138 valence electrons. The van der Waals surface area contributed by atoms with Gasteiger partial charge in [0.2, 0.25) is 0 Å². The van der Waals surface area contributed by atoms with E-state index in [9.17, 15) is 26.3 Å². The van der Waals surface area contributed by atoms with Gasteiger partial charge in [0.1, 0.15) is 0 Å².